The number of aromatic nitrogens is 2. The quantitative estimate of drug-likeness (QED) is 0.442. The third-order valence-corrected chi connectivity index (χ3v) is 7.98. The fraction of sp³-hybridized carbons (Fsp3) is 0.607. The first-order chi connectivity index (χ1) is 19.3. The van der Waals surface area contributed by atoms with E-state index < -0.39 is 11.7 Å². The number of hydrogen-bond donors (Lipinski definition) is 2. The van der Waals surface area contributed by atoms with Crippen molar-refractivity contribution in [2.24, 2.45) is 0 Å². The lowest BCUT2D eigenvalue weighted by Gasteiger charge is -2.39. The van der Waals surface area contributed by atoms with Gasteiger partial charge in [-0.15, -0.1) is 0 Å². The number of carbonyl (C=O) groups is 1. The van der Waals surface area contributed by atoms with E-state index in [1.807, 2.05) is 6.07 Å². The first-order valence-electron chi connectivity index (χ1n) is 14.2. The summed E-state index contributed by atoms with van der Waals surface area (Å²) < 4.78 is 46.5. The number of ether oxygens (including phenoxy) is 1. The monoisotopic (exact) mass is 561 g/mol. The Labute approximate surface area is 233 Å². The third-order valence-electron chi connectivity index (χ3n) is 7.98. The van der Waals surface area contributed by atoms with Gasteiger partial charge in [-0.25, -0.2) is 4.98 Å². The van der Waals surface area contributed by atoms with E-state index in [-0.39, 0.29) is 24.2 Å². The van der Waals surface area contributed by atoms with Gasteiger partial charge in [-0.1, -0.05) is 6.92 Å². The van der Waals surface area contributed by atoms with Crippen LogP contribution >= 0.6 is 0 Å². The summed E-state index contributed by atoms with van der Waals surface area (Å²) in [6.45, 7) is 8.36. The van der Waals surface area contributed by atoms with Gasteiger partial charge in [-0.2, -0.15) is 18.2 Å². The zero-order chi connectivity index (χ0) is 28.1. The molecule has 3 fully saturated rings. The summed E-state index contributed by atoms with van der Waals surface area (Å²) >= 11 is 0. The number of benzene rings is 1. The second-order valence-corrected chi connectivity index (χ2v) is 10.6. The lowest BCUT2D eigenvalue weighted by atomic mass is 10.1. The van der Waals surface area contributed by atoms with Crippen LogP contribution in [-0.2, 0) is 22.1 Å². The maximum absolute atomic E-state index is 13.7. The first-order valence-corrected chi connectivity index (χ1v) is 14.2. The fourth-order valence-electron chi connectivity index (χ4n) is 5.75. The molecule has 1 aromatic heterocycles. The molecule has 0 radical (unpaired) electrons. The predicted molar refractivity (Wildman–Crippen MR) is 148 cm³/mol. The molecule has 1 amide bonds. The average molecular weight is 562 g/mol. The minimum Gasteiger partial charge on any atom is -0.379 e. The normalized spacial score (nSPS) is 20.4. The van der Waals surface area contributed by atoms with Crippen molar-refractivity contribution in [1.82, 2.24) is 19.8 Å². The Balaban J connectivity index is 1.25. The number of aryl methyl sites for hydroxylation is 1. The highest BCUT2D eigenvalue weighted by atomic mass is 19.4. The van der Waals surface area contributed by atoms with Gasteiger partial charge in [0.15, 0.2) is 0 Å². The van der Waals surface area contributed by atoms with Crippen molar-refractivity contribution in [2.75, 3.05) is 74.6 Å². The Bertz CT molecular complexity index is 1180. The van der Waals surface area contributed by atoms with E-state index in [1.165, 1.54) is 25.1 Å². The van der Waals surface area contributed by atoms with Crippen LogP contribution in [-0.4, -0.2) is 90.7 Å². The summed E-state index contributed by atoms with van der Waals surface area (Å²) in [5, 5.41) is 5.97. The third kappa shape index (κ3) is 6.77. The number of nitrogens with zero attached hydrogens (tertiary/aromatic N) is 5. The van der Waals surface area contributed by atoms with Crippen LogP contribution in [0, 0.1) is 0 Å². The molecule has 3 aliphatic rings. The molecule has 0 bridgehead atoms. The Morgan fingerprint density at radius 2 is 2.02 bits per heavy atom. The molecule has 1 unspecified atom stereocenters. The van der Waals surface area contributed by atoms with E-state index in [1.54, 1.807) is 4.90 Å². The standard InChI is InChI=1S/C28H38F3N7O2/c1-2-20-17-21(38-13-12-36-10-3-5-22(36)19-38)6-7-24(20)34-27-33-18-23(28(29,30)31)26(35-27)32-9-4-11-37-14-16-40-15-8-25(37)39/h6-7,17-18,22H,2-5,8-16,19H2,1H3,(H2,32,33,34,35). The van der Waals surface area contributed by atoms with E-state index >= 15 is 0 Å². The Hall–Kier alpha value is -3.12. The molecule has 1 atom stereocenters. The van der Waals surface area contributed by atoms with Gasteiger partial charge >= 0.3 is 6.18 Å². The molecule has 3 saturated heterocycles. The molecular formula is C28H38F3N7O2. The number of hydrogen-bond acceptors (Lipinski definition) is 8. The average Bonchev–Trinajstić information content (AvgIpc) is 3.32. The maximum Gasteiger partial charge on any atom is 0.421 e. The first kappa shape index (κ1) is 28.4. The molecule has 0 aliphatic carbocycles. The van der Waals surface area contributed by atoms with Crippen molar-refractivity contribution < 1.29 is 22.7 Å². The summed E-state index contributed by atoms with van der Waals surface area (Å²) in [5.74, 6) is -0.183. The number of halogens is 3. The summed E-state index contributed by atoms with van der Waals surface area (Å²) in [4.78, 5) is 27.0. The SMILES string of the molecule is CCc1cc(N2CCN3CCCC3C2)ccc1Nc1ncc(C(F)(F)F)c(NCCCN2CCOCCC2=O)n1. The number of amides is 1. The van der Waals surface area contributed by atoms with Crippen LogP contribution in [0.4, 0.5) is 36.3 Å². The number of nitrogens with one attached hydrogen (secondary N) is 2. The number of anilines is 4. The fourth-order valence-corrected chi connectivity index (χ4v) is 5.75. The van der Waals surface area contributed by atoms with Crippen LogP contribution in [0.2, 0.25) is 0 Å². The molecule has 9 nitrogen and oxygen atoms in total. The lowest BCUT2D eigenvalue weighted by molar-refractivity contribution is -0.137. The van der Waals surface area contributed by atoms with Gasteiger partial charge in [-0.05, 0) is 56.0 Å². The molecule has 218 valence electrons. The minimum atomic E-state index is -4.60. The van der Waals surface area contributed by atoms with Crippen LogP contribution < -0.4 is 15.5 Å². The van der Waals surface area contributed by atoms with Crippen molar-refractivity contribution in [1.29, 1.82) is 0 Å². The molecule has 3 aliphatic heterocycles. The molecular weight excluding hydrogens is 523 g/mol. The van der Waals surface area contributed by atoms with Gasteiger partial charge < -0.3 is 25.2 Å². The molecule has 12 heteroatoms. The molecule has 40 heavy (non-hydrogen) atoms. The van der Waals surface area contributed by atoms with Crippen molar-refractivity contribution in [3.8, 4) is 0 Å². The number of alkyl halides is 3. The molecule has 2 aromatic rings. The Morgan fingerprint density at radius 1 is 1.15 bits per heavy atom. The van der Waals surface area contributed by atoms with E-state index in [0.717, 1.165) is 43.5 Å². The number of fused-ring (bicyclic) bond motifs is 1. The number of carbonyl (C=O) groups excluding carboxylic acids is 1. The predicted octanol–water partition coefficient (Wildman–Crippen LogP) is 4.14. The van der Waals surface area contributed by atoms with Gasteiger partial charge in [0.05, 0.1) is 19.6 Å². The van der Waals surface area contributed by atoms with E-state index in [2.05, 4.69) is 49.5 Å². The number of rotatable bonds is 9. The Kier molecular flexibility index (Phi) is 8.94. The van der Waals surface area contributed by atoms with Crippen molar-refractivity contribution in [2.45, 2.75) is 51.2 Å². The zero-order valence-electron chi connectivity index (χ0n) is 23.0. The van der Waals surface area contributed by atoms with Crippen LogP contribution in [0.15, 0.2) is 24.4 Å². The molecule has 5 rings (SSSR count). The van der Waals surface area contributed by atoms with Gasteiger partial charge in [0.2, 0.25) is 11.9 Å². The topological polar surface area (TPSA) is 85.9 Å². The summed E-state index contributed by atoms with van der Waals surface area (Å²) in [5.41, 5.74) is 2.07. The van der Waals surface area contributed by atoms with Gasteiger partial charge in [0.25, 0.3) is 0 Å². The largest absolute Gasteiger partial charge is 0.421 e. The van der Waals surface area contributed by atoms with Gasteiger partial charge in [0, 0.05) is 62.9 Å². The van der Waals surface area contributed by atoms with E-state index in [9.17, 15) is 18.0 Å². The lowest BCUT2D eigenvalue weighted by Crippen LogP contribution is -2.50. The van der Waals surface area contributed by atoms with E-state index in [4.69, 9.17) is 4.74 Å². The second-order valence-electron chi connectivity index (χ2n) is 10.6. The minimum absolute atomic E-state index is 0.000505. The van der Waals surface area contributed by atoms with E-state index in [0.29, 0.717) is 45.2 Å². The summed E-state index contributed by atoms with van der Waals surface area (Å²) in [6.07, 6.45) is 0.276. The van der Waals surface area contributed by atoms with Gasteiger partial charge in [-0.3, -0.25) is 9.69 Å². The van der Waals surface area contributed by atoms with Gasteiger partial charge in [0.1, 0.15) is 11.4 Å². The smallest absolute Gasteiger partial charge is 0.379 e. The van der Waals surface area contributed by atoms with Crippen LogP contribution in [0.5, 0.6) is 0 Å². The Morgan fingerprint density at radius 3 is 2.85 bits per heavy atom. The van der Waals surface area contributed by atoms with Crippen molar-refractivity contribution >= 4 is 29.0 Å². The highest BCUT2D eigenvalue weighted by Gasteiger charge is 2.35. The highest BCUT2D eigenvalue weighted by molar-refractivity contribution is 5.76. The second kappa shape index (κ2) is 12.6. The maximum atomic E-state index is 13.7. The highest BCUT2D eigenvalue weighted by Crippen LogP contribution is 2.35. The molecule has 2 N–H and O–H groups in total. The van der Waals surface area contributed by atoms with Crippen molar-refractivity contribution in [3.05, 3.63) is 35.5 Å². The van der Waals surface area contributed by atoms with Crippen LogP contribution in [0.3, 0.4) is 0 Å². The molecule has 0 saturated carbocycles. The van der Waals surface area contributed by atoms with Crippen LogP contribution in [0.1, 0.15) is 43.7 Å². The summed E-state index contributed by atoms with van der Waals surface area (Å²) in [7, 11) is 0. The van der Waals surface area contributed by atoms with Crippen LogP contribution in [0.25, 0.3) is 0 Å². The zero-order valence-corrected chi connectivity index (χ0v) is 23.0. The molecule has 0 spiro atoms. The molecule has 4 heterocycles. The van der Waals surface area contributed by atoms with Crippen molar-refractivity contribution in [3.63, 3.8) is 0 Å². The summed E-state index contributed by atoms with van der Waals surface area (Å²) in [6, 6.07) is 6.79. The molecule has 1 aromatic carbocycles. The number of piperazine rings is 1.